The summed E-state index contributed by atoms with van der Waals surface area (Å²) in [6, 6.07) is 0. The van der Waals surface area contributed by atoms with Gasteiger partial charge in [0.1, 0.15) is 6.33 Å². The summed E-state index contributed by atoms with van der Waals surface area (Å²) in [5.74, 6) is -1.55. The molecule has 0 spiro atoms. The molecular weight excluding hydrogens is 271 g/mol. The number of hydrogen-bond acceptors (Lipinski definition) is 4. The molecule has 0 aliphatic carbocycles. The molecule has 9 heteroatoms. The van der Waals surface area contributed by atoms with Crippen LogP contribution < -0.4 is 0 Å². The Morgan fingerprint density at radius 3 is 2.22 bits per heavy atom. The average molecular weight is 285 g/mol. The average Bonchev–Trinajstić information content (AvgIpc) is 2.60. The van der Waals surface area contributed by atoms with Crippen molar-refractivity contribution in [1.29, 1.82) is 0 Å². The topological polar surface area (TPSA) is 64.8 Å². The predicted molar refractivity (Wildman–Crippen MR) is 58.6 cm³/mol. The lowest BCUT2D eigenvalue weighted by molar-refractivity contribution is -0.145. The summed E-state index contributed by atoms with van der Waals surface area (Å²) in [5.41, 5.74) is 0. The third-order valence-electron chi connectivity index (χ3n) is 2.31. The maximum atomic E-state index is 12.2. The molecule has 0 radical (unpaired) electrons. The maximum absolute atomic E-state index is 12.2. The van der Waals surface area contributed by atoms with Crippen molar-refractivity contribution in [3.8, 4) is 0 Å². The first-order valence-electron chi connectivity index (χ1n) is 5.12. The zero-order chi connectivity index (χ0) is 14.2. The van der Waals surface area contributed by atoms with Gasteiger partial charge >= 0.3 is 6.18 Å². The van der Waals surface area contributed by atoms with Gasteiger partial charge in [-0.1, -0.05) is 0 Å². The molecule has 0 saturated carbocycles. The third kappa shape index (κ3) is 3.44. The second-order valence-corrected chi connectivity index (χ2v) is 7.62. The monoisotopic (exact) mass is 285 g/mol. The van der Waals surface area contributed by atoms with E-state index in [9.17, 15) is 21.6 Å². The van der Waals surface area contributed by atoms with E-state index < -0.39 is 26.6 Å². The quantitative estimate of drug-likeness (QED) is 0.844. The molecule has 0 bridgehead atoms. The minimum absolute atomic E-state index is 0.150. The fourth-order valence-corrected chi connectivity index (χ4v) is 2.09. The number of alkyl halides is 3. The van der Waals surface area contributed by atoms with E-state index in [0.717, 1.165) is 11.0 Å². The Kier molecular flexibility index (Phi) is 3.75. The van der Waals surface area contributed by atoms with Crippen LogP contribution in [0.1, 0.15) is 26.6 Å². The number of aromatic nitrogens is 3. The standard InChI is InChI=1S/C9H14F3N3O2S/c1-8(2,3)18(16,17)5-4-15-6-13-7(14-15)9(10,11)12/h6H,4-5H2,1-3H3. The van der Waals surface area contributed by atoms with Crippen LogP contribution in [-0.4, -0.2) is 33.7 Å². The van der Waals surface area contributed by atoms with Crippen molar-refractivity contribution in [3.63, 3.8) is 0 Å². The highest BCUT2D eigenvalue weighted by molar-refractivity contribution is 7.92. The number of halogens is 3. The fraction of sp³-hybridized carbons (Fsp3) is 0.778. The van der Waals surface area contributed by atoms with Crippen LogP contribution in [0.15, 0.2) is 6.33 Å². The van der Waals surface area contributed by atoms with Crippen LogP contribution in [0.4, 0.5) is 13.2 Å². The van der Waals surface area contributed by atoms with Gasteiger partial charge in [-0.15, -0.1) is 5.10 Å². The van der Waals surface area contributed by atoms with Gasteiger partial charge in [-0.3, -0.25) is 4.68 Å². The Bertz CT molecular complexity index is 514. The molecule has 0 atom stereocenters. The van der Waals surface area contributed by atoms with Crippen LogP contribution in [0.25, 0.3) is 0 Å². The highest BCUT2D eigenvalue weighted by Crippen LogP contribution is 2.25. The molecule has 1 heterocycles. The first kappa shape index (κ1) is 14.9. The van der Waals surface area contributed by atoms with Gasteiger partial charge in [-0.05, 0) is 20.8 Å². The summed E-state index contributed by atoms with van der Waals surface area (Å²) >= 11 is 0. The van der Waals surface area contributed by atoms with E-state index in [1.807, 2.05) is 0 Å². The van der Waals surface area contributed by atoms with Crippen molar-refractivity contribution >= 4 is 9.84 Å². The summed E-state index contributed by atoms with van der Waals surface area (Å²) in [4.78, 5) is 3.08. The van der Waals surface area contributed by atoms with E-state index in [2.05, 4.69) is 10.1 Å². The number of nitrogens with zero attached hydrogens (tertiary/aromatic N) is 3. The number of rotatable bonds is 3. The van der Waals surface area contributed by atoms with Gasteiger partial charge in [-0.25, -0.2) is 13.4 Å². The molecule has 0 saturated heterocycles. The summed E-state index contributed by atoms with van der Waals surface area (Å²) in [5, 5.41) is 3.18. The normalized spacial score (nSPS) is 13.9. The lowest BCUT2D eigenvalue weighted by Crippen LogP contribution is -2.32. The molecule has 18 heavy (non-hydrogen) atoms. The highest BCUT2D eigenvalue weighted by atomic mass is 32.2. The van der Waals surface area contributed by atoms with Gasteiger partial charge < -0.3 is 0 Å². The number of aryl methyl sites for hydroxylation is 1. The van der Waals surface area contributed by atoms with E-state index in [0.29, 0.717) is 0 Å². The Balaban J connectivity index is 2.75. The van der Waals surface area contributed by atoms with Crippen molar-refractivity contribution in [3.05, 3.63) is 12.2 Å². The molecule has 0 aromatic carbocycles. The van der Waals surface area contributed by atoms with Crippen molar-refractivity contribution < 1.29 is 21.6 Å². The molecule has 0 fully saturated rings. The lowest BCUT2D eigenvalue weighted by atomic mass is 10.3. The third-order valence-corrected chi connectivity index (χ3v) is 4.90. The Hall–Kier alpha value is -1.12. The van der Waals surface area contributed by atoms with Crippen molar-refractivity contribution in [2.75, 3.05) is 5.75 Å². The molecule has 104 valence electrons. The molecule has 0 N–H and O–H groups in total. The minimum atomic E-state index is -4.62. The largest absolute Gasteiger partial charge is 0.453 e. The van der Waals surface area contributed by atoms with E-state index in [-0.39, 0.29) is 12.3 Å². The van der Waals surface area contributed by atoms with Crippen LogP contribution >= 0.6 is 0 Å². The van der Waals surface area contributed by atoms with Crippen LogP contribution in [0.2, 0.25) is 0 Å². The van der Waals surface area contributed by atoms with Gasteiger partial charge in [0.05, 0.1) is 17.0 Å². The van der Waals surface area contributed by atoms with Gasteiger partial charge in [0.2, 0.25) is 0 Å². The second kappa shape index (κ2) is 4.52. The van der Waals surface area contributed by atoms with Gasteiger partial charge in [0, 0.05) is 0 Å². The molecule has 0 aliphatic heterocycles. The Morgan fingerprint density at radius 2 is 1.83 bits per heavy atom. The summed E-state index contributed by atoms with van der Waals surface area (Å²) in [6.45, 7) is 4.45. The molecule has 0 unspecified atom stereocenters. The van der Waals surface area contributed by atoms with Crippen LogP contribution in [0.5, 0.6) is 0 Å². The van der Waals surface area contributed by atoms with Crippen molar-refractivity contribution in [1.82, 2.24) is 14.8 Å². The van der Waals surface area contributed by atoms with Gasteiger partial charge in [-0.2, -0.15) is 13.2 Å². The SMILES string of the molecule is CC(C)(C)S(=O)(=O)CCn1cnc(C(F)(F)F)n1. The van der Waals surface area contributed by atoms with E-state index in [1.165, 1.54) is 20.8 Å². The Labute approximate surface area is 103 Å². The second-order valence-electron chi connectivity index (χ2n) is 4.76. The van der Waals surface area contributed by atoms with E-state index in [1.54, 1.807) is 0 Å². The van der Waals surface area contributed by atoms with Crippen LogP contribution in [0.3, 0.4) is 0 Å². The van der Waals surface area contributed by atoms with Gasteiger partial charge in [0.15, 0.2) is 9.84 Å². The zero-order valence-corrected chi connectivity index (χ0v) is 11.0. The maximum Gasteiger partial charge on any atom is 0.453 e. The summed E-state index contributed by atoms with van der Waals surface area (Å²) in [6.07, 6.45) is -3.74. The number of hydrogen-bond donors (Lipinski definition) is 0. The summed E-state index contributed by atoms with van der Waals surface area (Å²) < 4.78 is 60.1. The molecule has 1 aromatic heterocycles. The fourth-order valence-electron chi connectivity index (χ4n) is 1.05. The van der Waals surface area contributed by atoms with E-state index in [4.69, 9.17) is 0 Å². The first-order valence-corrected chi connectivity index (χ1v) is 6.78. The first-order chi connectivity index (χ1) is 7.93. The van der Waals surface area contributed by atoms with Crippen LogP contribution in [0, 0.1) is 0 Å². The number of sulfone groups is 1. The lowest BCUT2D eigenvalue weighted by Gasteiger charge is -2.18. The predicted octanol–water partition coefficient (Wildman–Crippen LogP) is 1.51. The van der Waals surface area contributed by atoms with Crippen LogP contribution in [-0.2, 0) is 22.6 Å². The molecular formula is C9H14F3N3O2S. The van der Waals surface area contributed by atoms with E-state index >= 15 is 0 Å². The molecule has 0 aliphatic rings. The smallest absolute Gasteiger partial charge is 0.251 e. The molecule has 0 amide bonds. The van der Waals surface area contributed by atoms with Gasteiger partial charge in [0.25, 0.3) is 5.82 Å². The summed E-state index contributed by atoms with van der Waals surface area (Å²) in [7, 11) is -3.39. The molecule has 1 rings (SSSR count). The highest BCUT2D eigenvalue weighted by Gasteiger charge is 2.36. The Morgan fingerprint density at radius 1 is 1.28 bits per heavy atom. The van der Waals surface area contributed by atoms with Crippen molar-refractivity contribution in [2.45, 2.75) is 38.2 Å². The zero-order valence-electron chi connectivity index (χ0n) is 10.2. The molecule has 1 aromatic rings. The molecule has 5 nitrogen and oxygen atoms in total. The van der Waals surface area contributed by atoms with Crippen molar-refractivity contribution in [2.24, 2.45) is 0 Å². The minimum Gasteiger partial charge on any atom is -0.251 e.